The molecule has 2 rings (SSSR count). The molecule has 0 saturated carbocycles. The SMILES string of the molecule is Cc1cc(C)nc(Sc2c(Cl)cccc2C=O)n1. The molecule has 2 aromatic rings. The highest BCUT2D eigenvalue weighted by atomic mass is 35.5. The summed E-state index contributed by atoms with van der Waals surface area (Å²) in [6.07, 6.45) is 0.789. The number of hydrogen-bond donors (Lipinski definition) is 0. The molecule has 0 saturated heterocycles. The van der Waals surface area contributed by atoms with E-state index in [0.717, 1.165) is 17.7 Å². The molecule has 18 heavy (non-hydrogen) atoms. The van der Waals surface area contributed by atoms with Crippen molar-refractivity contribution in [1.29, 1.82) is 0 Å². The molecule has 1 aromatic carbocycles. The highest BCUT2D eigenvalue weighted by Gasteiger charge is 2.10. The van der Waals surface area contributed by atoms with Gasteiger partial charge in [-0.3, -0.25) is 4.79 Å². The summed E-state index contributed by atoms with van der Waals surface area (Å²) in [7, 11) is 0. The van der Waals surface area contributed by atoms with Crippen molar-refractivity contribution in [3.8, 4) is 0 Å². The van der Waals surface area contributed by atoms with E-state index >= 15 is 0 Å². The first-order chi connectivity index (χ1) is 8.60. The predicted molar refractivity (Wildman–Crippen MR) is 72.5 cm³/mol. The van der Waals surface area contributed by atoms with Crippen LogP contribution in [-0.2, 0) is 0 Å². The number of rotatable bonds is 3. The minimum atomic E-state index is 0.535. The van der Waals surface area contributed by atoms with Crippen LogP contribution >= 0.6 is 23.4 Å². The zero-order chi connectivity index (χ0) is 13.1. The Kier molecular flexibility index (Phi) is 3.99. The Morgan fingerprint density at radius 3 is 2.50 bits per heavy atom. The lowest BCUT2D eigenvalue weighted by molar-refractivity contribution is 0.112. The van der Waals surface area contributed by atoms with E-state index in [1.165, 1.54) is 11.8 Å². The molecule has 5 heteroatoms. The third kappa shape index (κ3) is 2.89. The number of aldehydes is 1. The summed E-state index contributed by atoms with van der Waals surface area (Å²) in [5, 5.41) is 1.14. The Bertz CT molecular complexity index is 581. The standard InChI is InChI=1S/C13H11ClN2OS/c1-8-6-9(2)16-13(15-8)18-12-10(7-17)4-3-5-11(12)14/h3-7H,1-2H3. The molecule has 0 unspecified atom stereocenters. The quantitative estimate of drug-likeness (QED) is 0.634. The van der Waals surface area contributed by atoms with E-state index in [9.17, 15) is 4.79 Å². The highest BCUT2D eigenvalue weighted by molar-refractivity contribution is 7.99. The van der Waals surface area contributed by atoms with Crippen molar-refractivity contribution in [3.63, 3.8) is 0 Å². The summed E-state index contributed by atoms with van der Waals surface area (Å²) < 4.78 is 0. The van der Waals surface area contributed by atoms with Gasteiger partial charge in [-0.25, -0.2) is 9.97 Å². The third-order valence-electron chi connectivity index (χ3n) is 2.28. The van der Waals surface area contributed by atoms with Crippen molar-refractivity contribution in [3.05, 3.63) is 46.2 Å². The molecule has 1 heterocycles. The van der Waals surface area contributed by atoms with E-state index in [-0.39, 0.29) is 0 Å². The summed E-state index contributed by atoms with van der Waals surface area (Å²) in [6, 6.07) is 7.12. The van der Waals surface area contributed by atoms with Crippen molar-refractivity contribution >= 4 is 29.6 Å². The van der Waals surface area contributed by atoms with Crippen molar-refractivity contribution in [1.82, 2.24) is 9.97 Å². The van der Waals surface area contributed by atoms with Crippen molar-refractivity contribution in [2.24, 2.45) is 0 Å². The molecule has 0 radical (unpaired) electrons. The average Bonchev–Trinajstić information content (AvgIpc) is 2.30. The molecule has 0 aliphatic carbocycles. The molecule has 0 aliphatic heterocycles. The molecule has 0 amide bonds. The Balaban J connectivity index is 2.42. The fraction of sp³-hybridized carbons (Fsp3) is 0.154. The second-order valence-corrected chi connectivity index (χ2v) is 5.20. The van der Waals surface area contributed by atoms with Gasteiger partial charge in [0.15, 0.2) is 11.4 Å². The third-order valence-corrected chi connectivity index (χ3v) is 3.73. The van der Waals surface area contributed by atoms with E-state index in [2.05, 4.69) is 9.97 Å². The molecule has 0 bridgehead atoms. The Morgan fingerprint density at radius 1 is 1.22 bits per heavy atom. The van der Waals surface area contributed by atoms with Crippen LogP contribution in [0.3, 0.4) is 0 Å². The molecule has 0 N–H and O–H groups in total. The summed E-state index contributed by atoms with van der Waals surface area (Å²) in [6.45, 7) is 3.82. The van der Waals surface area contributed by atoms with E-state index in [1.807, 2.05) is 19.9 Å². The second-order valence-electron chi connectivity index (χ2n) is 3.81. The summed E-state index contributed by atoms with van der Waals surface area (Å²) in [5.74, 6) is 0. The van der Waals surface area contributed by atoms with Gasteiger partial charge in [-0.1, -0.05) is 23.7 Å². The maximum atomic E-state index is 11.0. The van der Waals surface area contributed by atoms with Gasteiger partial charge in [0.1, 0.15) is 0 Å². The van der Waals surface area contributed by atoms with Crippen LogP contribution in [0, 0.1) is 13.8 Å². The molecular weight excluding hydrogens is 268 g/mol. The van der Waals surface area contributed by atoms with E-state index in [0.29, 0.717) is 20.6 Å². The fourth-order valence-electron chi connectivity index (χ4n) is 1.56. The predicted octanol–water partition coefficient (Wildman–Crippen LogP) is 3.71. The topological polar surface area (TPSA) is 42.9 Å². The van der Waals surface area contributed by atoms with Gasteiger partial charge in [0.2, 0.25) is 0 Å². The molecule has 3 nitrogen and oxygen atoms in total. The van der Waals surface area contributed by atoms with Crippen LogP contribution in [0.4, 0.5) is 0 Å². The molecule has 1 aromatic heterocycles. The highest BCUT2D eigenvalue weighted by Crippen LogP contribution is 2.33. The molecule has 0 atom stereocenters. The van der Waals surface area contributed by atoms with Gasteiger partial charge >= 0.3 is 0 Å². The maximum absolute atomic E-state index is 11.0. The maximum Gasteiger partial charge on any atom is 0.192 e. The molecular formula is C13H11ClN2OS. The van der Waals surface area contributed by atoms with Crippen LogP contribution < -0.4 is 0 Å². The Labute approximate surface area is 115 Å². The van der Waals surface area contributed by atoms with Crippen LogP contribution in [0.5, 0.6) is 0 Å². The van der Waals surface area contributed by atoms with Gasteiger partial charge in [0, 0.05) is 21.8 Å². The normalized spacial score (nSPS) is 10.4. The lowest BCUT2D eigenvalue weighted by atomic mass is 10.2. The lowest BCUT2D eigenvalue weighted by Gasteiger charge is -2.06. The first kappa shape index (κ1) is 13.1. The second kappa shape index (κ2) is 5.50. The van der Waals surface area contributed by atoms with Crippen LogP contribution in [0.25, 0.3) is 0 Å². The van der Waals surface area contributed by atoms with Gasteiger partial charge in [-0.15, -0.1) is 0 Å². The van der Waals surface area contributed by atoms with Crippen LogP contribution in [0.1, 0.15) is 21.7 Å². The lowest BCUT2D eigenvalue weighted by Crippen LogP contribution is -1.94. The zero-order valence-electron chi connectivity index (χ0n) is 9.98. The molecule has 0 aliphatic rings. The Hall–Kier alpha value is -1.39. The van der Waals surface area contributed by atoms with Crippen molar-refractivity contribution in [2.75, 3.05) is 0 Å². The van der Waals surface area contributed by atoms with Gasteiger partial charge < -0.3 is 0 Å². The minimum absolute atomic E-state index is 0.535. The first-order valence-corrected chi connectivity index (χ1v) is 6.53. The van der Waals surface area contributed by atoms with E-state index in [4.69, 9.17) is 11.6 Å². The van der Waals surface area contributed by atoms with E-state index in [1.54, 1.807) is 18.2 Å². The van der Waals surface area contributed by atoms with Crippen LogP contribution in [-0.4, -0.2) is 16.3 Å². The van der Waals surface area contributed by atoms with Crippen molar-refractivity contribution in [2.45, 2.75) is 23.9 Å². The van der Waals surface area contributed by atoms with Gasteiger partial charge in [-0.2, -0.15) is 0 Å². The fourth-order valence-corrected chi connectivity index (χ4v) is 2.82. The first-order valence-electron chi connectivity index (χ1n) is 5.34. The number of halogens is 1. The number of carbonyl (C=O) groups excluding carboxylic acids is 1. The van der Waals surface area contributed by atoms with Crippen molar-refractivity contribution < 1.29 is 4.79 Å². The number of aryl methyl sites for hydroxylation is 2. The summed E-state index contributed by atoms with van der Waals surface area (Å²) >= 11 is 7.41. The van der Waals surface area contributed by atoms with Crippen LogP contribution in [0.15, 0.2) is 34.3 Å². The Morgan fingerprint density at radius 2 is 1.89 bits per heavy atom. The summed E-state index contributed by atoms with van der Waals surface area (Å²) in [4.78, 5) is 20.3. The smallest absolute Gasteiger partial charge is 0.192 e. The summed E-state index contributed by atoms with van der Waals surface area (Å²) in [5.41, 5.74) is 2.34. The molecule has 0 spiro atoms. The monoisotopic (exact) mass is 278 g/mol. The molecule has 92 valence electrons. The minimum Gasteiger partial charge on any atom is -0.298 e. The van der Waals surface area contributed by atoms with Gasteiger partial charge in [-0.05, 0) is 37.7 Å². The number of nitrogens with zero attached hydrogens (tertiary/aromatic N) is 2. The number of hydrogen-bond acceptors (Lipinski definition) is 4. The number of aromatic nitrogens is 2. The van der Waals surface area contributed by atoms with E-state index < -0.39 is 0 Å². The van der Waals surface area contributed by atoms with Gasteiger partial charge in [0.05, 0.1) is 5.02 Å². The number of benzene rings is 1. The van der Waals surface area contributed by atoms with Gasteiger partial charge in [0.25, 0.3) is 0 Å². The van der Waals surface area contributed by atoms with Crippen LogP contribution in [0.2, 0.25) is 5.02 Å². The number of carbonyl (C=O) groups is 1. The molecule has 0 fully saturated rings. The average molecular weight is 279 g/mol. The largest absolute Gasteiger partial charge is 0.298 e. The zero-order valence-corrected chi connectivity index (χ0v) is 11.5.